The molecule has 4 heterocycles. The number of fused-ring (bicyclic) bond motifs is 1. The maximum absolute atomic E-state index is 5.63. The average Bonchev–Trinajstić information content (AvgIpc) is 3.31. The van der Waals surface area contributed by atoms with Gasteiger partial charge in [-0.2, -0.15) is 5.10 Å². The second-order valence-electron chi connectivity index (χ2n) is 6.47. The minimum absolute atomic E-state index is 0.260. The fourth-order valence-corrected chi connectivity index (χ4v) is 3.79. The molecule has 0 bridgehead atoms. The summed E-state index contributed by atoms with van der Waals surface area (Å²) in [5, 5.41) is 13.3. The van der Waals surface area contributed by atoms with Crippen LogP contribution in [-0.2, 0) is 30.8 Å². The molecule has 0 spiro atoms. The van der Waals surface area contributed by atoms with Crippen LogP contribution >= 0.6 is 0 Å². The van der Waals surface area contributed by atoms with E-state index in [0.717, 1.165) is 50.7 Å². The molecule has 23 heavy (non-hydrogen) atoms. The summed E-state index contributed by atoms with van der Waals surface area (Å²) in [7, 11) is 1.80. The number of nitrogens with zero attached hydrogens (tertiary/aromatic N) is 6. The second kappa shape index (κ2) is 6.05. The highest BCUT2D eigenvalue weighted by Gasteiger charge is 2.37. The molecule has 0 unspecified atom stereocenters. The Hall–Kier alpha value is -1.73. The average molecular weight is 316 g/mol. The third-order valence-corrected chi connectivity index (χ3v) is 5.03. The molecule has 124 valence electrons. The number of aryl methyl sites for hydroxylation is 2. The van der Waals surface area contributed by atoms with E-state index in [1.807, 2.05) is 10.9 Å². The van der Waals surface area contributed by atoms with Gasteiger partial charge >= 0.3 is 0 Å². The van der Waals surface area contributed by atoms with E-state index >= 15 is 0 Å². The van der Waals surface area contributed by atoms with Gasteiger partial charge in [-0.05, 0) is 19.8 Å². The van der Waals surface area contributed by atoms with Gasteiger partial charge in [0.15, 0.2) is 5.82 Å². The maximum atomic E-state index is 5.63. The van der Waals surface area contributed by atoms with E-state index < -0.39 is 0 Å². The number of likely N-dealkylation sites (tertiary alicyclic amines) is 1. The Morgan fingerprint density at radius 2 is 2.26 bits per heavy atom. The lowest BCUT2D eigenvalue weighted by Crippen LogP contribution is -2.26. The molecule has 7 nitrogen and oxygen atoms in total. The summed E-state index contributed by atoms with van der Waals surface area (Å²) < 4.78 is 9.92. The monoisotopic (exact) mass is 316 g/mol. The van der Waals surface area contributed by atoms with Crippen molar-refractivity contribution in [2.45, 2.75) is 58.0 Å². The molecule has 2 atom stereocenters. The molecule has 2 aliphatic rings. The van der Waals surface area contributed by atoms with Crippen molar-refractivity contribution in [3.05, 3.63) is 29.6 Å². The molecule has 0 aromatic carbocycles. The topological polar surface area (TPSA) is 61.0 Å². The molecule has 2 aromatic rings. The van der Waals surface area contributed by atoms with Crippen molar-refractivity contribution in [2.75, 3.05) is 13.7 Å². The molecule has 1 fully saturated rings. The van der Waals surface area contributed by atoms with Crippen molar-refractivity contribution < 1.29 is 4.74 Å². The van der Waals surface area contributed by atoms with Crippen LogP contribution in [0, 0.1) is 0 Å². The van der Waals surface area contributed by atoms with Crippen LogP contribution in [0.15, 0.2) is 12.4 Å². The highest BCUT2D eigenvalue weighted by molar-refractivity contribution is 5.11. The fraction of sp³-hybridized carbons (Fsp3) is 0.688. The summed E-state index contributed by atoms with van der Waals surface area (Å²) in [6.45, 7) is 5.87. The summed E-state index contributed by atoms with van der Waals surface area (Å²) >= 11 is 0. The van der Waals surface area contributed by atoms with E-state index in [1.54, 1.807) is 7.11 Å². The van der Waals surface area contributed by atoms with Gasteiger partial charge in [0.1, 0.15) is 5.82 Å². The smallest absolute Gasteiger partial charge is 0.150 e. The Morgan fingerprint density at radius 3 is 3.04 bits per heavy atom. The zero-order chi connectivity index (χ0) is 15.8. The molecular weight excluding hydrogens is 292 g/mol. The molecule has 2 aromatic heterocycles. The summed E-state index contributed by atoms with van der Waals surface area (Å²) in [5.41, 5.74) is 1.25. The Morgan fingerprint density at radius 1 is 1.35 bits per heavy atom. The van der Waals surface area contributed by atoms with Crippen molar-refractivity contribution in [1.82, 2.24) is 29.4 Å². The molecule has 0 radical (unpaired) electrons. The van der Waals surface area contributed by atoms with Gasteiger partial charge in [-0.3, -0.25) is 9.58 Å². The first-order valence-corrected chi connectivity index (χ1v) is 8.48. The Bertz CT molecular complexity index is 678. The molecule has 2 aliphatic heterocycles. The summed E-state index contributed by atoms with van der Waals surface area (Å²) in [5.74, 6) is 2.25. The van der Waals surface area contributed by atoms with Gasteiger partial charge < -0.3 is 9.30 Å². The first kappa shape index (κ1) is 14.8. The summed E-state index contributed by atoms with van der Waals surface area (Å²) in [6, 6.07) is 0.282. The number of ether oxygens (including phenoxy) is 1. The molecule has 0 saturated carbocycles. The number of hydrogen-bond donors (Lipinski definition) is 0. The standard InChI is InChI=1S/C16H24N6O/c1-3-21-10-12(8-17-21)9-20-11-13(23-2)7-14(20)16-19-18-15-5-4-6-22(15)16/h8,10,13-14H,3-7,9,11H2,1-2H3/t13-,14+/m1/s1. The largest absolute Gasteiger partial charge is 0.380 e. The molecule has 0 aliphatic carbocycles. The lowest BCUT2D eigenvalue weighted by atomic mass is 10.1. The van der Waals surface area contributed by atoms with Crippen LogP contribution < -0.4 is 0 Å². The van der Waals surface area contributed by atoms with E-state index in [0.29, 0.717) is 0 Å². The van der Waals surface area contributed by atoms with Gasteiger partial charge in [-0.1, -0.05) is 0 Å². The zero-order valence-corrected chi connectivity index (χ0v) is 13.9. The van der Waals surface area contributed by atoms with Gasteiger partial charge in [-0.25, -0.2) is 0 Å². The van der Waals surface area contributed by atoms with Crippen molar-refractivity contribution >= 4 is 0 Å². The van der Waals surface area contributed by atoms with Crippen molar-refractivity contribution in [3.63, 3.8) is 0 Å². The predicted octanol–water partition coefficient (Wildman–Crippen LogP) is 1.40. The highest BCUT2D eigenvalue weighted by atomic mass is 16.5. The number of rotatable bonds is 5. The zero-order valence-electron chi connectivity index (χ0n) is 13.9. The third-order valence-electron chi connectivity index (χ3n) is 5.03. The molecule has 0 N–H and O–H groups in total. The molecular formula is C16H24N6O. The molecule has 4 rings (SSSR count). The Balaban J connectivity index is 1.58. The van der Waals surface area contributed by atoms with Crippen LogP contribution in [0.25, 0.3) is 0 Å². The minimum atomic E-state index is 0.260. The van der Waals surface area contributed by atoms with E-state index in [1.165, 1.54) is 12.0 Å². The summed E-state index contributed by atoms with van der Waals surface area (Å²) in [4.78, 5) is 2.46. The predicted molar refractivity (Wildman–Crippen MR) is 84.8 cm³/mol. The first-order valence-electron chi connectivity index (χ1n) is 8.48. The number of aromatic nitrogens is 5. The number of methoxy groups -OCH3 is 1. The van der Waals surface area contributed by atoms with E-state index in [2.05, 4.69) is 37.9 Å². The summed E-state index contributed by atoms with van der Waals surface area (Å²) in [6.07, 6.45) is 7.57. The molecule has 0 amide bonds. The van der Waals surface area contributed by atoms with Crippen LogP contribution in [0.1, 0.15) is 43.0 Å². The lowest BCUT2D eigenvalue weighted by Gasteiger charge is -2.23. The van der Waals surface area contributed by atoms with Gasteiger partial charge in [0, 0.05) is 51.5 Å². The van der Waals surface area contributed by atoms with Gasteiger partial charge in [0.05, 0.1) is 18.3 Å². The van der Waals surface area contributed by atoms with Crippen LogP contribution in [0.4, 0.5) is 0 Å². The second-order valence-corrected chi connectivity index (χ2v) is 6.47. The Kier molecular flexibility index (Phi) is 3.90. The Labute approximate surface area is 136 Å². The van der Waals surface area contributed by atoms with E-state index in [4.69, 9.17) is 4.74 Å². The van der Waals surface area contributed by atoms with E-state index in [-0.39, 0.29) is 12.1 Å². The van der Waals surface area contributed by atoms with Crippen LogP contribution in [-0.4, -0.2) is 49.2 Å². The first-order chi connectivity index (χ1) is 11.3. The number of hydrogen-bond acceptors (Lipinski definition) is 5. The fourth-order valence-electron chi connectivity index (χ4n) is 3.79. The van der Waals surface area contributed by atoms with Gasteiger partial charge in [0.25, 0.3) is 0 Å². The molecule has 7 heteroatoms. The maximum Gasteiger partial charge on any atom is 0.150 e. The minimum Gasteiger partial charge on any atom is -0.380 e. The normalized spacial score (nSPS) is 24.4. The molecule has 1 saturated heterocycles. The van der Waals surface area contributed by atoms with Crippen molar-refractivity contribution in [2.24, 2.45) is 0 Å². The van der Waals surface area contributed by atoms with Crippen LogP contribution in [0.2, 0.25) is 0 Å². The van der Waals surface area contributed by atoms with Crippen molar-refractivity contribution in [1.29, 1.82) is 0 Å². The highest BCUT2D eigenvalue weighted by Crippen LogP contribution is 2.35. The van der Waals surface area contributed by atoms with Crippen molar-refractivity contribution in [3.8, 4) is 0 Å². The third kappa shape index (κ3) is 2.68. The quantitative estimate of drug-likeness (QED) is 0.834. The van der Waals surface area contributed by atoms with E-state index in [9.17, 15) is 0 Å². The SMILES string of the molecule is CCn1cc(CN2C[C@H](OC)C[C@H]2c2nnc3n2CCC3)cn1. The lowest BCUT2D eigenvalue weighted by molar-refractivity contribution is 0.107. The van der Waals surface area contributed by atoms with Gasteiger partial charge in [-0.15, -0.1) is 10.2 Å². The van der Waals surface area contributed by atoms with Gasteiger partial charge in [0.2, 0.25) is 0 Å². The van der Waals surface area contributed by atoms with Crippen LogP contribution in [0.3, 0.4) is 0 Å². The van der Waals surface area contributed by atoms with Crippen LogP contribution in [0.5, 0.6) is 0 Å².